The molecule has 4 heteroatoms. The van der Waals surface area contributed by atoms with Crippen molar-refractivity contribution >= 4 is 11.8 Å². The fourth-order valence-corrected chi connectivity index (χ4v) is 2.22. The third kappa shape index (κ3) is 2.28. The third-order valence-corrected chi connectivity index (χ3v) is 3.04. The van der Waals surface area contributed by atoms with E-state index in [9.17, 15) is 10.2 Å². The van der Waals surface area contributed by atoms with Crippen LogP contribution in [0, 0.1) is 6.92 Å². The van der Waals surface area contributed by atoms with Gasteiger partial charge in [0.2, 0.25) is 0 Å². The van der Waals surface area contributed by atoms with E-state index in [0.29, 0.717) is 5.56 Å². The number of pyridine rings is 1. The highest BCUT2D eigenvalue weighted by Crippen LogP contribution is 2.35. The highest BCUT2D eigenvalue weighted by atomic mass is 32.2. The molecule has 0 fully saturated rings. The number of phenols is 2. The normalized spacial score (nSPS) is 10.3. The number of nitrogens with zero attached hydrogens (tertiary/aromatic N) is 1. The first-order valence-electron chi connectivity index (χ1n) is 4.78. The van der Waals surface area contributed by atoms with Crippen molar-refractivity contribution in [1.29, 1.82) is 0 Å². The van der Waals surface area contributed by atoms with Gasteiger partial charge >= 0.3 is 0 Å². The number of rotatable bonds is 2. The summed E-state index contributed by atoms with van der Waals surface area (Å²) < 4.78 is 0. The maximum Gasteiger partial charge on any atom is 0.160 e. The smallest absolute Gasteiger partial charge is 0.160 e. The minimum absolute atomic E-state index is 0.0645. The lowest BCUT2D eigenvalue weighted by Crippen LogP contribution is -1.81. The molecule has 0 aliphatic carbocycles. The van der Waals surface area contributed by atoms with E-state index in [0.717, 1.165) is 9.92 Å². The summed E-state index contributed by atoms with van der Waals surface area (Å²) in [6.07, 6.45) is 1.72. The fraction of sp³-hybridized carbons (Fsp3) is 0.0833. The van der Waals surface area contributed by atoms with Gasteiger partial charge in [-0.1, -0.05) is 17.8 Å². The largest absolute Gasteiger partial charge is 0.504 e. The summed E-state index contributed by atoms with van der Waals surface area (Å²) in [7, 11) is 0. The molecule has 0 radical (unpaired) electrons. The van der Waals surface area contributed by atoms with E-state index in [1.54, 1.807) is 13.1 Å². The Bertz CT molecular complexity index is 477. The van der Waals surface area contributed by atoms with Crippen molar-refractivity contribution in [3.05, 3.63) is 42.1 Å². The Morgan fingerprint density at radius 1 is 1.19 bits per heavy atom. The molecule has 2 N–H and O–H groups in total. The molecule has 0 aliphatic heterocycles. The van der Waals surface area contributed by atoms with Crippen LogP contribution in [0.5, 0.6) is 11.5 Å². The first-order valence-corrected chi connectivity index (χ1v) is 5.60. The lowest BCUT2D eigenvalue weighted by molar-refractivity contribution is 0.400. The number of aryl methyl sites for hydroxylation is 1. The number of benzene rings is 1. The highest BCUT2D eigenvalue weighted by molar-refractivity contribution is 7.99. The topological polar surface area (TPSA) is 53.4 Å². The minimum Gasteiger partial charge on any atom is -0.504 e. The Kier molecular flexibility index (Phi) is 3.01. The monoisotopic (exact) mass is 233 g/mol. The number of hydrogen-bond acceptors (Lipinski definition) is 4. The van der Waals surface area contributed by atoms with Crippen molar-refractivity contribution in [2.45, 2.75) is 16.8 Å². The van der Waals surface area contributed by atoms with E-state index in [1.807, 2.05) is 24.3 Å². The zero-order valence-electron chi connectivity index (χ0n) is 8.71. The van der Waals surface area contributed by atoms with Crippen molar-refractivity contribution < 1.29 is 10.2 Å². The lowest BCUT2D eigenvalue weighted by atomic mass is 10.2. The molecule has 3 nitrogen and oxygen atoms in total. The molecule has 1 heterocycles. The molecule has 0 saturated carbocycles. The zero-order chi connectivity index (χ0) is 11.5. The highest BCUT2D eigenvalue weighted by Gasteiger charge is 2.06. The van der Waals surface area contributed by atoms with E-state index in [2.05, 4.69) is 4.98 Å². The summed E-state index contributed by atoms with van der Waals surface area (Å²) in [5.41, 5.74) is 0.651. The quantitative estimate of drug-likeness (QED) is 0.783. The maximum absolute atomic E-state index is 9.48. The predicted octanol–water partition coefficient (Wildman–Crippen LogP) is 2.95. The standard InChI is InChI=1S/C12H11NO2S/c1-8-6-9(7-10(14)12(8)15)16-11-4-2-3-5-13-11/h2-7,14-15H,1H3. The Morgan fingerprint density at radius 3 is 2.62 bits per heavy atom. The van der Waals surface area contributed by atoms with Gasteiger partial charge in [-0.15, -0.1) is 0 Å². The van der Waals surface area contributed by atoms with Crippen molar-refractivity contribution in [3.8, 4) is 11.5 Å². The van der Waals surface area contributed by atoms with Crippen molar-refractivity contribution in [3.63, 3.8) is 0 Å². The number of aromatic hydroxyl groups is 2. The van der Waals surface area contributed by atoms with Gasteiger partial charge < -0.3 is 10.2 Å². The molecule has 1 aromatic heterocycles. The van der Waals surface area contributed by atoms with Gasteiger partial charge in [-0.3, -0.25) is 0 Å². The summed E-state index contributed by atoms with van der Waals surface area (Å²) in [4.78, 5) is 5.03. The van der Waals surface area contributed by atoms with Crippen LogP contribution in [-0.2, 0) is 0 Å². The summed E-state index contributed by atoms with van der Waals surface area (Å²) in [6, 6.07) is 8.99. The molecule has 0 unspecified atom stereocenters. The van der Waals surface area contributed by atoms with E-state index in [4.69, 9.17) is 0 Å². The summed E-state index contributed by atoms with van der Waals surface area (Å²) in [5.74, 6) is -0.163. The van der Waals surface area contributed by atoms with Crippen LogP contribution in [0.2, 0.25) is 0 Å². The third-order valence-electron chi connectivity index (χ3n) is 2.11. The Balaban J connectivity index is 2.29. The number of hydrogen-bond donors (Lipinski definition) is 2. The van der Waals surface area contributed by atoms with E-state index in [-0.39, 0.29) is 11.5 Å². The van der Waals surface area contributed by atoms with Gasteiger partial charge in [0.25, 0.3) is 0 Å². The first-order chi connectivity index (χ1) is 7.66. The lowest BCUT2D eigenvalue weighted by Gasteiger charge is -2.05. The Labute approximate surface area is 97.8 Å². The molecule has 0 saturated heterocycles. The number of phenolic OH excluding ortho intramolecular Hbond substituents is 2. The van der Waals surface area contributed by atoms with Gasteiger partial charge in [0.15, 0.2) is 11.5 Å². The van der Waals surface area contributed by atoms with Crippen molar-refractivity contribution in [2.75, 3.05) is 0 Å². The summed E-state index contributed by atoms with van der Waals surface area (Å²) >= 11 is 1.44. The molecule has 2 aromatic rings. The van der Waals surface area contributed by atoms with Gasteiger partial charge in [0, 0.05) is 11.1 Å². The fourth-order valence-electron chi connectivity index (χ4n) is 1.32. The van der Waals surface area contributed by atoms with Crippen LogP contribution in [-0.4, -0.2) is 15.2 Å². The summed E-state index contributed by atoms with van der Waals surface area (Å²) in [5, 5.41) is 19.8. The maximum atomic E-state index is 9.48. The SMILES string of the molecule is Cc1cc(Sc2ccccn2)cc(O)c1O. The van der Waals surface area contributed by atoms with Crippen LogP contribution in [0.3, 0.4) is 0 Å². The summed E-state index contributed by atoms with van der Waals surface area (Å²) in [6.45, 7) is 1.75. The Morgan fingerprint density at radius 2 is 2.00 bits per heavy atom. The van der Waals surface area contributed by atoms with Gasteiger partial charge in [-0.25, -0.2) is 4.98 Å². The van der Waals surface area contributed by atoms with E-state index >= 15 is 0 Å². The Hall–Kier alpha value is -1.68. The average molecular weight is 233 g/mol. The molecule has 2 rings (SSSR count). The van der Waals surface area contributed by atoms with Crippen LogP contribution in [0.15, 0.2) is 46.5 Å². The second-order valence-electron chi connectivity index (χ2n) is 3.38. The molecule has 1 aromatic carbocycles. The van der Waals surface area contributed by atoms with Crippen LogP contribution in [0.1, 0.15) is 5.56 Å². The van der Waals surface area contributed by atoms with Crippen LogP contribution >= 0.6 is 11.8 Å². The molecule has 0 aliphatic rings. The van der Waals surface area contributed by atoms with Crippen molar-refractivity contribution in [1.82, 2.24) is 4.98 Å². The minimum atomic E-state index is -0.0987. The van der Waals surface area contributed by atoms with Crippen LogP contribution in [0.25, 0.3) is 0 Å². The molecule has 0 spiro atoms. The van der Waals surface area contributed by atoms with Crippen LogP contribution in [0.4, 0.5) is 0 Å². The van der Waals surface area contributed by atoms with Gasteiger partial charge in [-0.05, 0) is 36.8 Å². The van der Waals surface area contributed by atoms with Crippen molar-refractivity contribution in [2.24, 2.45) is 0 Å². The van der Waals surface area contributed by atoms with E-state index < -0.39 is 0 Å². The first kappa shape index (κ1) is 10.8. The van der Waals surface area contributed by atoms with E-state index in [1.165, 1.54) is 17.8 Å². The molecule has 0 amide bonds. The predicted molar refractivity (Wildman–Crippen MR) is 62.9 cm³/mol. The second-order valence-corrected chi connectivity index (χ2v) is 4.47. The van der Waals surface area contributed by atoms with Gasteiger partial charge in [-0.2, -0.15) is 0 Å². The molecule has 0 atom stereocenters. The molecule has 0 bridgehead atoms. The molecular formula is C12H11NO2S. The molecular weight excluding hydrogens is 222 g/mol. The molecule has 82 valence electrons. The zero-order valence-corrected chi connectivity index (χ0v) is 9.53. The second kappa shape index (κ2) is 4.45. The van der Waals surface area contributed by atoms with Crippen LogP contribution < -0.4 is 0 Å². The average Bonchev–Trinajstić information content (AvgIpc) is 2.27. The number of aromatic nitrogens is 1. The molecule has 16 heavy (non-hydrogen) atoms. The van der Waals surface area contributed by atoms with Gasteiger partial charge in [0.05, 0.1) is 0 Å². The van der Waals surface area contributed by atoms with Gasteiger partial charge in [0.1, 0.15) is 5.03 Å².